The fraction of sp³-hybridized carbons (Fsp3) is 0.625. The van der Waals surface area contributed by atoms with Crippen molar-refractivity contribution in [1.82, 2.24) is 4.72 Å². The lowest BCUT2D eigenvalue weighted by atomic mass is 10.2. The third-order valence-corrected chi connectivity index (χ3v) is 3.80. The van der Waals surface area contributed by atoms with E-state index in [1.807, 2.05) is 4.72 Å². The molecule has 0 saturated heterocycles. The van der Waals surface area contributed by atoms with Gasteiger partial charge in [-0.15, -0.1) is 6.58 Å². The highest BCUT2D eigenvalue weighted by atomic mass is 32.2. The zero-order chi connectivity index (χ0) is 10.8. The minimum absolute atomic E-state index is 0.270. The molecule has 1 fully saturated rings. The lowest BCUT2D eigenvalue weighted by molar-refractivity contribution is -0.120. The van der Waals surface area contributed by atoms with Gasteiger partial charge in [-0.1, -0.05) is 6.08 Å². The van der Waals surface area contributed by atoms with Gasteiger partial charge < -0.3 is 5.73 Å². The molecule has 1 aliphatic carbocycles. The van der Waals surface area contributed by atoms with E-state index in [1.54, 1.807) is 0 Å². The second-order valence-corrected chi connectivity index (χ2v) is 5.30. The molecule has 0 aromatic rings. The maximum Gasteiger partial charge on any atom is 0.250 e. The van der Waals surface area contributed by atoms with Crippen molar-refractivity contribution in [3.63, 3.8) is 0 Å². The van der Waals surface area contributed by atoms with Gasteiger partial charge in [-0.3, -0.25) is 9.52 Å². The van der Waals surface area contributed by atoms with Crippen molar-refractivity contribution < 1.29 is 13.2 Å². The standard InChI is InChI=1S/C8H14N2O3S/c1-2-3-7(9)8(11)10-14(12,13)6-4-5-6/h2,6-7H,1,3-5,9H2,(H,10,11)/t7-/m1/s1. The van der Waals surface area contributed by atoms with E-state index in [1.165, 1.54) is 6.08 Å². The Morgan fingerprint density at radius 2 is 2.21 bits per heavy atom. The number of sulfonamides is 1. The summed E-state index contributed by atoms with van der Waals surface area (Å²) in [4.78, 5) is 11.2. The fourth-order valence-electron chi connectivity index (χ4n) is 0.964. The maximum atomic E-state index is 11.3. The summed E-state index contributed by atoms with van der Waals surface area (Å²) >= 11 is 0. The van der Waals surface area contributed by atoms with E-state index >= 15 is 0 Å². The molecule has 14 heavy (non-hydrogen) atoms. The molecule has 0 spiro atoms. The van der Waals surface area contributed by atoms with Gasteiger partial charge in [0, 0.05) is 0 Å². The van der Waals surface area contributed by atoms with Gasteiger partial charge in [0.05, 0.1) is 11.3 Å². The van der Waals surface area contributed by atoms with Gasteiger partial charge in [0.2, 0.25) is 10.0 Å². The highest BCUT2D eigenvalue weighted by Gasteiger charge is 2.37. The van der Waals surface area contributed by atoms with Crippen molar-refractivity contribution >= 4 is 15.9 Å². The summed E-state index contributed by atoms with van der Waals surface area (Å²) in [6, 6.07) is -0.832. The average Bonchev–Trinajstić information content (AvgIpc) is 2.85. The van der Waals surface area contributed by atoms with Crippen molar-refractivity contribution in [2.45, 2.75) is 30.6 Å². The van der Waals surface area contributed by atoms with Crippen LogP contribution in [0.4, 0.5) is 0 Å². The normalized spacial score (nSPS) is 18.6. The van der Waals surface area contributed by atoms with Crippen LogP contribution in [0.3, 0.4) is 0 Å². The number of nitrogens with one attached hydrogen (secondary N) is 1. The van der Waals surface area contributed by atoms with E-state index in [0.29, 0.717) is 12.8 Å². The van der Waals surface area contributed by atoms with Crippen molar-refractivity contribution in [1.29, 1.82) is 0 Å². The Balaban J connectivity index is 2.51. The van der Waals surface area contributed by atoms with Gasteiger partial charge in [0.25, 0.3) is 5.91 Å². The number of rotatable bonds is 5. The molecule has 1 atom stereocenters. The molecule has 0 bridgehead atoms. The molecule has 3 N–H and O–H groups in total. The first-order valence-corrected chi connectivity index (χ1v) is 5.94. The van der Waals surface area contributed by atoms with Crippen molar-refractivity contribution in [2.24, 2.45) is 5.73 Å². The van der Waals surface area contributed by atoms with E-state index < -0.39 is 27.2 Å². The average molecular weight is 218 g/mol. The predicted octanol–water partition coefficient (Wildman–Crippen LogP) is -0.502. The predicted molar refractivity (Wildman–Crippen MR) is 52.9 cm³/mol. The van der Waals surface area contributed by atoms with E-state index in [0.717, 1.165) is 0 Å². The van der Waals surface area contributed by atoms with Gasteiger partial charge in [-0.25, -0.2) is 8.42 Å². The molecule has 80 valence electrons. The summed E-state index contributed by atoms with van der Waals surface area (Å²) in [7, 11) is -3.46. The van der Waals surface area contributed by atoms with Gasteiger partial charge in [0.1, 0.15) is 0 Å². The Morgan fingerprint density at radius 3 is 2.64 bits per heavy atom. The maximum absolute atomic E-state index is 11.3. The van der Waals surface area contributed by atoms with Crippen LogP contribution in [0.15, 0.2) is 12.7 Å². The van der Waals surface area contributed by atoms with Crippen LogP contribution in [0.5, 0.6) is 0 Å². The van der Waals surface area contributed by atoms with Gasteiger partial charge >= 0.3 is 0 Å². The largest absolute Gasteiger partial charge is 0.320 e. The smallest absolute Gasteiger partial charge is 0.250 e. The molecule has 6 heteroatoms. The zero-order valence-electron chi connectivity index (χ0n) is 7.77. The van der Waals surface area contributed by atoms with Crippen LogP contribution in [0.25, 0.3) is 0 Å². The Hall–Kier alpha value is -0.880. The summed E-state index contributed by atoms with van der Waals surface area (Å²) in [6.45, 7) is 3.42. The molecule has 0 aromatic carbocycles. The van der Waals surface area contributed by atoms with Crippen LogP contribution >= 0.6 is 0 Å². The Bertz CT molecular complexity index is 332. The molecule has 1 amide bonds. The highest BCUT2D eigenvalue weighted by molar-refractivity contribution is 7.90. The van der Waals surface area contributed by atoms with E-state index in [4.69, 9.17) is 5.73 Å². The lowest BCUT2D eigenvalue weighted by Crippen LogP contribution is -2.44. The number of hydrogen-bond acceptors (Lipinski definition) is 4. The summed E-state index contributed by atoms with van der Waals surface area (Å²) in [5.41, 5.74) is 5.41. The van der Waals surface area contributed by atoms with Crippen molar-refractivity contribution in [3.8, 4) is 0 Å². The number of carbonyl (C=O) groups is 1. The van der Waals surface area contributed by atoms with Gasteiger partial charge in [-0.2, -0.15) is 0 Å². The first-order valence-electron chi connectivity index (χ1n) is 4.39. The van der Waals surface area contributed by atoms with Crippen LogP contribution in [-0.2, 0) is 14.8 Å². The SMILES string of the molecule is C=CC[C@@H](N)C(=O)NS(=O)(=O)C1CC1. The summed E-state index contributed by atoms with van der Waals surface area (Å²) in [5.74, 6) is -0.656. The summed E-state index contributed by atoms with van der Waals surface area (Å²) in [5, 5.41) is -0.401. The first kappa shape index (κ1) is 11.2. The van der Waals surface area contributed by atoms with Crippen LogP contribution in [0.2, 0.25) is 0 Å². The van der Waals surface area contributed by atoms with E-state index in [-0.39, 0.29) is 6.42 Å². The van der Waals surface area contributed by atoms with E-state index in [9.17, 15) is 13.2 Å². The summed E-state index contributed by atoms with van der Waals surface area (Å²) < 4.78 is 24.6. The minimum Gasteiger partial charge on any atom is -0.320 e. The minimum atomic E-state index is -3.46. The molecule has 0 unspecified atom stereocenters. The van der Waals surface area contributed by atoms with Crippen LogP contribution in [-0.4, -0.2) is 25.6 Å². The zero-order valence-corrected chi connectivity index (χ0v) is 8.59. The second-order valence-electron chi connectivity index (χ2n) is 3.34. The van der Waals surface area contributed by atoms with Gasteiger partial charge in [0.15, 0.2) is 0 Å². The third-order valence-electron chi connectivity index (χ3n) is 1.96. The number of amides is 1. The number of nitrogens with two attached hydrogens (primary N) is 1. The van der Waals surface area contributed by atoms with Crippen LogP contribution < -0.4 is 10.5 Å². The number of hydrogen-bond donors (Lipinski definition) is 2. The third kappa shape index (κ3) is 2.81. The highest BCUT2D eigenvalue weighted by Crippen LogP contribution is 2.27. The molecule has 1 rings (SSSR count). The molecule has 1 saturated carbocycles. The topological polar surface area (TPSA) is 89.3 Å². The van der Waals surface area contributed by atoms with Crippen LogP contribution in [0.1, 0.15) is 19.3 Å². The van der Waals surface area contributed by atoms with Crippen molar-refractivity contribution in [2.75, 3.05) is 0 Å². The summed E-state index contributed by atoms with van der Waals surface area (Å²) in [6.07, 6.45) is 3.00. The fourth-order valence-corrected chi connectivity index (χ4v) is 2.32. The lowest BCUT2D eigenvalue weighted by Gasteiger charge is -2.09. The van der Waals surface area contributed by atoms with Crippen LogP contribution in [0, 0.1) is 0 Å². The monoisotopic (exact) mass is 218 g/mol. The Morgan fingerprint density at radius 1 is 1.64 bits per heavy atom. The second kappa shape index (κ2) is 4.10. The molecular weight excluding hydrogens is 204 g/mol. The molecule has 0 aromatic heterocycles. The quantitative estimate of drug-likeness (QED) is 0.609. The van der Waals surface area contributed by atoms with Gasteiger partial charge in [-0.05, 0) is 19.3 Å². The first-order chi connectivity index (χ1) is 6.47. The molecule has 5 nitrogen and oxygen atoms in total. The van der Waals surface area contributed by atoms with E-state index in [2.05, 4.69) is 6.58 Å². The number of carbonyl (C=O) groups excluding carboxylic acids is 1. The molecule has 0 heterocycles. The molecule has 1 aliphatic rings. The molecule has 0 radical (unpaired) electrons. The Labute approximate surface area is 83.4 Å². The van der Waals surface area contributed by atoms with Crippen molar-refractivity contribution in [3.05, 3.63) is 12.7 Å². The Kier molecular flexibility index (Phi) is 3.28. The molecular formula is C8H14N2O3S. The molecule has 0 aliphatic heterocycles.